The lowest BCUT2D eigenvalue weighted by atomic mass is 9.86. The van der Waals surface area contributed by atoms with Gasteiger partial charge in [-0.3, -0.25) is 4.79 Å². The quantitative estimate of drug-likeness (QED) is 0.774. The van der Waals surface area contributed by atoms with E-state index < -0.39 is 5.60 Å². The molecule has 0 aromatic heterocycles. The Morgan fingerprint density at radius 3 is 2.30 bits per heavy atom. The molecule has 2 unspecified atom stereocenters. The maximum absolute atomic E-state index is 13.0. The summed E-state index contributed by atoms with van der Waals surface area (Å²) in [7, 11) is 0. The summed E-state index contributed by atoms with van der Waals surface area (Å²) >= 11 is 0. The summed E-state index contributed by atoms with van der Waals surface area (Å²) in [5.74, 6) is 0.242. The zero-order valence-corrected chi connectivity index (χ0v) is 16.8. The van der Waals surface area contributed by atoms with Crippen molar-refractivity contribution in [3.63, 3.8) is 0 Å². The van der Waals surface area contributed by atoms with Crippen molar-refractivity contribution in [1.29, 1.82) is 0 Å². The van der Waals surface area contributed by atoms with E-state index in [4.69, 9.17) is 4.74 Å². The molecule has 0 N–H and O–H groups in total. The molecule has 148 valence electrons. The van der Waals surface area contributed by atoms with Gasteiger partial charge in [-0.25, -0.2) is 4.79 Å². The van der Waals surface area contributed by atoms with Gasteiger partial charge >= 0.3 is 6.09 Å². The van der Waals surface area contributed by atoms with Crippen molar-refractivity contribution in [3.8, 4) is 0 Å². The maximum atomic E-state index is 13.0. The van der Waals surface area contributed by atoms with Crippen LogP contribution in [-0.2, 0) is 9.53 Å². The summed E-state index contributed by atoms with van der Waals surface area (Å²) in [6.07, 6.45) is 4.50. The van der Waals surface area contributed by atoms with Crippen LogP contribution in [0.4, 0.5) is 4.79 Å². The third kappa shape index (κ3) is 5.02. The van der Waals surface area contributed by atoms with Crippen LogP contribution in [0, 0.1) is 5.92 Å². The minimum Gasteiger partial charge on any atom is -0.444 e. The van der Waals surface area contributed by atoms with Crippen molar-refractivity contribution in [3.05, 3.63) is 35.9 Å². The molecular weight excluding hydrogens is 340 g/mol. The first-order valence-electron chi connectivity index (χ1n) is 10.2. The predicted molar refractivity (Wildman–Crippen MR) is 105 cm³/mol. The molecule has 27 heavy (non-hydrogen) atoms. The average molecular weight is 373 g/mol. The summed E-state index contributed by atoms with van der Waals surface area (Å²) < 4.78 is 5.63. The lowest BCUT2D eigenvalue weighted by Crippen LogP contribution is -2.48. The third-order valence-corrected chi connectivity index (χ3v) is 5.43. The van der Waals surface area contributed by atoms with Gasteiger partial charge in [0.05, 0.1) is 6.04 Å². The minimum absolute atomic E-state index is 0.0213. The van der Waals surface area contributed by atoms with Gasteiger partial charge in [0.2, 0.25) is 5.91 Å². The van der Waals surface area contributed by atoms with Crippen molar-refractivity contribution in [2.24, 2.45) is 5.92 Å². The molecule has 5 heteroatoms. The van der Waals surface area contributed by atoms with Gasteiger partial charge in [0.15, 0.2) is 0 Å². The second-order valence-corrected chi connectivity index (χ2v) is 8.71. The lowest BCUT2D eigenvalue weighted by Gasteiger charge is -2.41. The number of carbonyl (C=O) groups is 2. The van der Waals surface area contributed by atoms with E-state index in [1.807, 2.05) is 56.0 Å². The second-order valence-electron chi connectivity index (χ2n) is 8.71. The molecule has 3 rings (SSSR count). The van der Waals surface area contributed by atoms with E-state index in [2.05, 4.69) is 0 Å². The first-order chi connectivity index (χ1) is 12.8. The number of benzene rings is 1. The molecule has 0 bridgehead atoms. The zero-order valence-electron chi connectivity index (χ0n) is 16.8. The van der Waals surface area contributed by atoms with Crippen molar-refractivity contribution in [1.82, 2.24) is 9.80 Å². The Labute approximate surface area is 162 Å². The van der Waals surface area contributed by atoms with E-state index in [1.165, 1.54) is 6.42 Å². The summed E-state index contributed by atoms with van der Waals surface area (Å²) in [6.45, 7) is 7.96. The van der Waals surface area contributed by atoms with E-state index in [0.29, 0.717) is 19.4 Å². The highest BCUT2D eigenvalue weighted by Gasteiger charge is 2.38. The average Bonchev–Trinajstić information content (AvgIpc) is 2.67. The first kappa shape index (κ1) is 19.7. The van der Waals surface area contributed by atoms with Crippen molar-refractivity contribution in [2.45, 2.75) is 64.5 Å². The highest BCUT2D eigenvalue weighted by molar-refractivity contribution is 5.79. The molecule has 0 spiro atoms. The van der Waals surface area contributed by atoms with Crippen LogP contribution in [0.5, 0.6) is 0 Å². The second kappa shape index (κ2) is 8.32. The Balaban J connectivity index is 1.77. The molecule has 1 aromatic carbocycles. The van der Waals surface area contributed by atoms with Crippen LogP contribution in [-0.4, -0.2) is 47.0 Å². The van der Waals surface area contributed by atoms with E-state index in [0.717, 1.165) is 31.5 Å². The van der Waals surface area contributed by atoms with Gasteiger partial charge in [0.1, 0.15) is 5.60 Å². The van der Waals surface area contributed by atoms with Crippen LogP contribution in [0.3, 0.4) is 0 Å². The molecule has 2 saturated heterocycles. The lowest BCUT2D eigenvalue weighted by molar-refractivity contribution is -0.138. The molecule has 0 saturated carbocycles. The molecule has 2 heterocycles. The third-order valence-electron chi connectivity index (χ3n) is 5.43. The number of amides is 2. The van der Waals surface area contributed by atoms with Gasteiger partial charge < -0.3 is 14.5 Å². The molecular formula is C22H32N2O3. The fraction of sp³-hybridized carbons (Fsp3) is 0.636. The van der Waals surface area contributed by atoms with E-state index in [-0.39, 0.29) is 24.0 Å². The van der Waals surface area contributed by atoms with Crippen LogP contribution in [0.25, 0.3) is 0 Å². The molecule has 1 aromatic rings. The number of hydrogen-bond donors (Lipinski definition) is 0. The molecule has 2 atom stereocenters. The van der Waals surface area contributed by atoms with Gasteiger partial charge in [-0.15, -0.1) is 0 Å². The number of carbonyl (C=O) groups excluding carboxylic acids is 2. The normalized spacial score (nSPS) is 23.8. The zero-order chi connectivity index (χ0) is 19.4. The number of rotatable bonds is 2. The molecule has 2 aliphatic heterocycles. The Bertz CT molecular complexity index is 647. The van der Waals surface area contributed by atoms with Crippen molar-refractivity contribution >= 4 is 12.0 Å². The van der Waals surface area contributed by atoms with Crippen LogP contribution >= 0.6 is 0 Å². The van der Waals surface area contributed by atoms with Crippen molar-refractivity contribution in [2.75, 3.05) is 19.6 Å². The van der Waals surface area contributed by atoms with Crippen molar-refractivity contribution < 1.29 is 14.3 Å². The monoisotopic (exact) mass is 372 g/mol. The maximum Gasteiger partial charge on any atom is 0.410 e. The van der Waals surface area contributed by atoms with Gasteiger partial charge in [0, 0.05) is 25.6 Å². The van der Waals surface area contributed by atoms with Gasteiger partial charge in [0.25, 0.3) is 0 Å². The SMILES string of the molecule is CC(C)(C)OC(=O)N1CCC(C(=O)N2CCCCC2)CC1c1ccccc1. The van der Waals surface area contributed by atoms with E-state index >= 15 is 0 Å². The fourth-order valence-corrected chi connectivity index (χ4v) is 4.09. The molecule has 0 radical (unpaired) electrons. The van der Waals surface area contributed by atoms with Crippen LogP contribution in [0.15, 0.2) is 30.3 Å². The Hall–Kier alpha value is -2.04. The summed E-state index contributed by atoms with van der Waals surface area (Å²) in [5.41, 5.74) is 0.540. The van der Waals surface area contributed by atoms with Gasteiger partial charge in [-0.1, -0.05) is 30.3 Å². The van der Waals surface area contributed by atoms with Crippen LogP contribution < -0.4 is 0 Å². The topological polar surface area (TPSA) is 49.9 Å². The highest BCUT2D eigenvalue weighted by atomic mass is 16.6. The van der Waals surface area contributed by atoms with E-state index in [9.17, 15) is 9.59 Å². The Morgan fingerprint density at radius 2 is 1.67 bits per heavy atom. The predicted octanol–water partition coefficient (Wildman–Crippen LogP) is 4.39. The molecule has 5 nitrogen and oxygen atoms in total. The van der Waals surface area contributed by atoms with Crippen LogP contribution in [0.1, 0.15) is 64.5 Å². The summed E-state index contributed by atoms with van der Waals surface area (Å²) in [4.78, 5) is 29.6. The first-order valence-corrected chi connectivity index (χ1v) is 10.2. The number of piperidine rings is 2. The summed E-state index contributed by atoms with van der Waals surface area (Å²) in [5, 5.41) is 0. The number of hydrogen-bond acceptors (Lipinski definition) is 3. The standard InChI is InChI=1S/C22H32N2O3/c1-22(2,3)27-21(26)24-15-12-18(20(25)23-13-8-5-9-14-23)16-19(24)17-10-6-4-7-11-17/h4,6-7,10-11,18-19H,5,8-9,12-16H2,1-3H3. The number of nitrogens with zero attached hydrogens (tertiary/aromatic N) is 2. The smallest absolute Gasteiger partial charge is 0.410 e. The molecule has 2 amide bonds. The number of ether oxygens (including phenoxy) is 1. The van der Waals surface area contributed by atoms with Gasteiger partial charge in [-0.2, -0.15) is 0 Å². The van der Waals surface area contributed by atoms with Crippen LogP contribution in [0.2, 0.25) is 0 Å². The summed E-state index contributed by atoms with van der Waals surface area (Å²) in [6, 6.07) is 9.90. The Kier molecular flexibility index (Phi) is 6.08. The van der Waals surface area contributed by atoms with Gasteiger partial charge in [-0.05, 0) is 58.4 Å². The molecule has 2 fully saturated rings. The molecule has 2 aliphatic rings. The van der Waals surface area contributed by atoms with E-state index in [1.54, 1.807) is 4.90 Å². The Morgan fingerprint density at radius 1 is 1.00 bits per heavy atom. The minimum atomic E-state index is -0.529. The largest absolute Gasteiger partial charge is 0.444 e. The number of likely N-dealkylation sites (tertiary alicyclic amines) is 2. The molecule has 0 aliphatic carbocycles. The highest BCUT2D eigenvalue weighted by Crippen LogP contribution is 2.36. The fourth-order valence-electron chi connectivity index (χ4n) is 4.09.